The van der Waals surface area contributed by atoms with E-state index in [1.807, 2.05) is 52.9 Å². The maximum Gasteiger partial charge on any atom is 0.274 e. The Kier molecular flexibility index (Phi) is 5.34. The van der Waals surface area contributed by atoms with Crippen molar-refractivity contribution in [3.8, 4) is 10.4 Å². The first-order valence-corrected chi connectivity index (χ1v) is 13.6. The van der Waals surface area contributed by atoms with Crippen LogP contribution in [0, 0.1) is 25.7 Å². The lowest BCUT2D eigenvalue weighted by molar-refractivity contribution is 0.0690. The van der Waals surface area contributed by atoms with Gasteiger partial charge in [-0.1, -0.05) is 29.8 Å². The molecule has 3 atom stereocenters. The van der Waals surface area contributed by atoms with Crippen LogP contribution in [0.2, 0.25) is 0 Å². The van der Waals surface area contributed by atoms with Crippen LogP contribution in [-0.4, -0.2) is 50.2 Å². The Morgan fingerprint density at radius 2 is 2.12 bits per heavy atom. The summed E-state index contributed by atoms with van der Waals surface area (Å²) in [5, 5.41) is 5.01. The number of amides is 2. The number of fused-ring (bicyclic) bond motifs is 2. The van der Waals surface area contributed by atoms with E-state index in [9.17, 15) is 9.59 Å². The van der Waals surface area contributed by atoms with Crippen LogP contribution < -0.4 is 5.32 Å². The van der Waals surface area contributed by atoms with E-state index in [1.165, 1.54) is 22.7 Å². The van der Waals surface area contributed by atoms with E-state index in [2.05, 4.69) is 37.3 Å². The summed E-state index contributed by atoms with van der Waals surface area (Å²) in [4.78, 5) is 39.4. The zero-order valence-corrected chi connectivity index (χ0v) is 21.8. The van der Waals surface area contributed by atoms with Crippen molar-refractivity contribution in [2.24, 2.45) is 11.8 Å². The summed E-state index contributed by atoms with van der Waals surface area (Å²) in [6.45, 7) is 5.03. The van der Waals surface area contributed by atoms with E-state index in [0.717, 1.165) is 27.4 Å². The lowest BCUT2D eigenvalue weighted by atomic mass is 10.1. The number of thiazole rings is 2. The highest BCUT2D eigenvalue weighted by molar-refractivity contribution is 9.11. The van der Waals surface area contributed by atoms with Gasteiger partial charge in [0.15, 0.2) is 8.88 Å². The summed E-state index contributed by atoms with van der Waals surface area (Å²) in [6.07, 6.45) is 2.97. The van der Waals surface area contributed by atoms with Gasteiger partial charge in [-0.25, -0.2) is 9.97 Å². The molecule has 0 unspecified atom stereocenters. The zero-order chi connectivity index (χ0) is 23.6. The van der Waals surface area contributed by atoms with E-state index in [0.29, 0.717) is 45.9 Å². The molecule has 4 heterocycles. The number of nitrogens with zero attached hydrogens (tertiary/aromatic N) is 4. The normalized spacial score (nSPS) is 21.1. The fraction of sp³-hybridized carbons (Fsp3) is 0.333. The van der Waals surface area contributed by atoms with E-state index in [4.69, 9.17) is 0 Å². The number of rotatable bonds is 5. The molecule has 34 heavy (non-hydrogen) atoms. The van der Waals surface area contributed by atoms with E-state index in [-0.39, 0.29) is 17.9 Å². The van der Waals surface area contributed by atoms with Gasteiger partial charge in [0.05, 0.1) is 16.6 Å². The monoisotopic (exact) mass is 555 g/mol. The van der Waals surface area contributed by atoms with Crippen LogP contribution in [-0.2, 0) is 0 Å². The van der Waals surface area contributed by atoms with Crippen molar-refractivity contribution in [1.29, 1.82) is 0 Å². The molecule has 0 radical (unpaired) electrons. The molecule has 1 aliphatic heterocycles. The Hall–Kier alpha value is -2.56. The minimum absolute atomic E-state index is 0.0292. The van der Waals surface area contributed by atoms with Gasteiger partial charge in [-0.2, -0.15) is 0 Å². The molecule has 1 N–H and O–H groups in total. The molecule has 174 valence electrons. The smallest absolute Gasteiger partial charge is 0.274 e. The molecule has 10 heteroatoms. The number of likely N-dealkylation sites (tertiary alicyclic amines) is 1. The molecule has 3 aromatic heterocycles. The molecular formula is C24H22BrN5O2S2. The average molecular weight is 557 g/mol. The standard InChI is InChI=1S/C24H22BrN5O2S2/c1-12-4-3-5-14(8-12)20-18(28-23(25)34-20)22(32)30-11-15-9-16(15)17(30)10-26-21(31)19-13(2)27-24-29(19)6-7-33-24/h3-8,15-17H,9-11H2,1-2H3,(H,26,31)/t15-,16-,17-/m1/s1. The van der Waals surface area contributed by atoms with E-state index in [1.54, 1.807) is 0 Å². The number of carbonyl (C=O) groups excluding carboxylic acids is 2. The second kappa shape index (κ2) is 8.28. The number of nitrogens with one attached hydrogen (secondary N) is 1. The van der Waals surface area contributed by atoms with Gasteiger partial charge in [0.1, 0.15) is 11.4 Å². The van der Waals surface area contributed by atoms with Gasteiger partial charge in [-0.15, -0.1) is 22.7 Å². The predicted molar refractivity (Wildman–Crippen MR) is 137 cm³/mol. The number of aromatic nitrogens is 3. The van der Waals surface area contributed by atoms with Crippen molar-refractivity contribution in [3.05, 3.63) is 62.4 Å². The summed E-state index contributed by atoms with van der Waals surface area (Å²) < 4.78 is 2.52. The predicted octanol–water partition coefficient (Wildman–Crippen LogP) is 4.79. The number of hydrogen-bond acceptors (Lipinski definition) is 6. The largest absolute Gasteiger partial charge is 0.349 e. The number of aryl methyl sites for hydroxylation is 2. The molecule has 1 saturated carbocycles. The molecule has 1 aromatic carbocycles. The number of benzene rings is 1. The molecular weight excluding hydrogens is 534 g/mol. The molecule has 2 amide bonds. The Labute approximate surface area is 213 Å². The summed E-state index contributed by atoms with van der Waals surface area (Å²) in [7, 11) is 0. The third-order valence-electron chi connectivity index (χ3n) is 6.77. The number of carbonyl (C=O) groups is 2. The topological polar surface area (TPSA) is 79.6 Å². The molecule has 4 aromatic rings. The van der Waals surface area contributed by atoms with Crippen molar-refractivity contribution < 1.29 is 9.59 Å². The first-order valence-electron chi connectivity index (χ1n) is 11.2. The second-order valence-electron chi connectivity index (χ2n) is 9.01. The van der Waals surface area contributed by atoms with Crippen molar-refractivity contribution in [2.75, 3.05) is 13.1 Å². The molecule has 0 bridgehead atoms. The number of halogens is 1. The SMILES string of the molecule is Cc1cccc(-c2sc(Br)nc2C(=O)N2C[C@H]3C[C@H]3[C@H]2CNC(=O)c2c(C)nc3sccn23)c1. The highest BCUT2D eigenvalue weighted by atomic mass is 79.9. The summed E-state index contributed by atoms with van der Waals surface area (Å²) in [5.41, 5.74) is 3.88. The lowest BCUT2D eigenvalue weighted by Crippen LogP contribution is -2.46. The van der Waals surface area contributed by atoms with Crippen molar-refractivity contribution >= 4 is 55.4 Å². The Balaban J connectivity index is 1.24. The average Bonchev–Trinajstić information content (AvgIpc) is 3.14. The zero-order valence-electron chi connectivity index (χ0n) is 18.6. The van der Waals surface area contributed by atoms with Crippen LogP contribution in [0.15, 0.2) is 39.8 Å². The third kappa shape index (κ3) is 3.68. The Bertz CT molecular complexity index is 1440. The Morgan fingerprint density at radius 1 is 1.26 bits per heavy atom. The number of imidazole rings is 1. The molecule has 0 spiro atoms. The van der Waals surface area contributed by atoms with Gasteiger partial charge < -0.3 is 10.2 Å². The van der Waals surface area contributed by atoms with Crippen LogP contribution in [0.3, 0.4) is 0 Å². The fourth-order valence-electron chi connectivity index (χ4n) is 5.07. The number of piperidine rings is 1. The first-order chi connectivity index (χ1) is 16.4. The van der Waals surface area contributed by atoms with Crippen molar-refractivity contribution in [1.82, 2.24) is 24.6 Å². The van der Waals surface area contributed by atoms with Gasteiger partial charge in [0, 0.05) is 24.7 Å². The molecule has 6 rings (SSSR count). The minimum Gasteiger partial charge on any atom is -0.349 e. The highest BCUT2D eigenvalue weighted by Gasteiger charge is 2.54. The van der Waals surface area contributed by atoms with E-state index >= 15 is 0 Å². The van der Waals surface area contributed by atoms with Crippen LogP contribution in [0.4, 0.5) is 0 Å². The Morgan fingerprint density at radius 3 is 2.94 bits per heavy atom. The second-order valence-corrected chi connectivity index (χ2v) is 12.2. The van der Waals surface area contributed by atoms with Crippen LogP contribution in [0.5, 0.6) is 0 Å². The van der Waals surface area contributed by atoms with Crippen molar-refractivity contribution in [2.45, 2.75) is 26.3 Å². The van der Waals surface area contributed by atoms with Crippen LogP contribution >= 0.6 is 38.6 Å². The maximum atomic E-state index is 13.7. The molecule has 1 aliphatic carbocycles. The summed E-state index contributed by atoms with van der Waals surface area (Å²) >= 11 is 6.46. The summed E-state index contributed by atoms with van der Waals surface area (Å²) in [6, 6.07) is 8.11. The number of hydrogen-bond donors (Lipinski definition) is 1. The molecule has 2 fully saturated rings. The fourth-order valence-corrected chi connectivity index (χ4v) is 7.27. The first kappa shape index (κ1) is 21.9. The minimum atomic E-state index is -0.156. The lowest BCUT2D eigenvalue weighted by Gasteiger charge is -2.27. The van der Waals surface area contributed by atoms with Gasteiger partial charge >= 0.3 is 0 Å². The maximum absolute atomic E-state index is 13.7. The van der Waals surface area contributed by atoms with Gasteiger partial charge in [0.25, 0.3) is 11.8 Å². The summed E-state index contributed by atoms with van der Waals surface area (Å²) in [5.74, 6) is 0.722. The van der Waals surface area contributed by atoms with Crippen LogP contribution in [0.1, 0.15) is 38.7 Å². The molecule has 1 saturated heterocycles. The highest BCUT2D eigenvalue weighted by Crippen LogP contribution is 2.50. The van der Waals surface area contributed by atoms with Gasteiger partial charge in [-0.3, -0.25) is 14.0 Å². The van der Waals surface area contributed by atoms with E-state index < -0.39 is 0 Å². The van der Waals surface area contributed by atoms with Crippen molar-refractivity contribution in [3.63, 3.8) is 0 Å². The quantitative estimate of drug-likeness (QED) is 0.384. The molecule has 7 nitrogen and oxygen atoms in total. The van der Waals surface area contributed by atoms with Gasteiger partial charge in [-0.05, 0) is 53.6 Å². The third-order valence-corrected chi connectivity index (χ3v) is 9.08. The van der Waals surface area contributed by atoms with Crippen LogP contribution in [0.25, 0.3) is 15.4 Å². The molecule has 2 aliphatic rings. The van der Waals surface area contributed by atoms with Gasteiger partial charge in [0.2, 0.25) is 0 Å².